The van der Waals surface area contributed by atoms with Crippen LogP contribution in [0.3, 0.4) is 0 Å². The van der Waals surface area contributed by atoms with Crippen LogP contribution in [-0.4, -0.2) is 40.6 Å². The van der Waals surface area contributed by atoms with Crippen LogP contribution in [0.2, 0.25) is 5.02 Å². The average Bonchev–Trinajstić information content (AvgIpc) is 3.00. The second-order valence-corrected chi connectivity index (χ2v) is 5.60. The predicted molar refractivity (Wildman–Crippen MR) is 84.6 cm³/mol. The molecule has 2 aromatic rings. The van der Waals surface area contributed by atoms with E-state index in [4.69, 9.17) is 21.1 Å². The zero-order chi connectivity index (χ0) is 16.1. The summed E-state index contributed by atoms with van der Waals surface area (Å²) in [6, 6.07) is 7.09. The van der Waals surface area contributed by atoms with Crippen molar-refractivity contribution in [2.75, 3.05) is 13.7 Å². The van der Waals surface area contributed by atoms with E-state index in [0.29, 0.717) is 29.5 Å². The van der Waals surface area contributed by atoms with E-state index in [1.54, 1.807) is 32.3 Å². The number of aromatic nitrogens is 1. The largest absolute Gasteiger partial charge is 0.441 e. The number of aliphatic hydroxyl groups is 1. The van der Waals surface area contributed by atoms with Crippen molar-refractivity contribution in [1.29, 1.82) is 0 Å². The zero-order valence-corrected chi connectivity index (χ0v) is 13.4. The SMILES string of the molecule is CC(CO)N(C)C(=O)CCc1ncc(-c2ccc(Cl)cc2)o1. The fraction of sp³-hybridized carbons (Fsp3) is 0.375. The van der Waals surface area contributed by atoms with Crippen LogP contribution >= 0.6 is 11.6 Å². The van der Waals surface area contributed by atoms with Crippen LogP contribution in [0.5, 0.6) is 0 Å². The molecule has 1 N–H and O–H groups in total. The standard InChI is InChI=1S/C16H19ClN2O3/c1-11(10-20)19(2)16(21)8-7-15-18-9-14(22-15)12-3-5-13(17)6-4-12/h3-6,9,11,20H,7-8,10H2,1-2H3. The molecule has 0 bridgehead atoms. The summed E-state index contributed by atoms with van der Waals surface area (Å²) in [6.45, 7) is 1.74. The van der Waals surface area contributed by atoms with Gasteiger partial charge in [0.2, 0.25) is 5.91 Å². The average molecular weight is 323 g/mol. The molecule has 0 radical (unpaired) electrons. The van der Waals surface area contributed by atoms with Gasteiger partial charge >= 0.3 is 0 Å². The Labute approximate surface area is 134 Å². The van der Waals surface area contributed by atoms with Gasteiger partial charge in [-0.3, -0.25) is 4.79 Å². The van der Waals surface area contributed by atoms with Gasteiger partial charge in [-0.05, 0) is 31.2 Å². The molecule has 0 spiro atoms. The maximum atomic E-state index is 12.0. The Balaban J connectivity index is 1.95. The Morgan fingerprint density at radius 3 is 2.73 bits per heavy atom. The Morgan fingerprint density at radius 1 is 1.41 bits per heavy atom. The highest BCUT2D eigenvalue weighted by Gasteiger charge is 2.16. The number of amides is 1. The molecule has 1 amide bonds. The number of oxazole rings is 1. The molecule has 1 aromatic heterocycles. The van der Waals surface area contributed by atoms with E-state index in [0.717, 1.165) is 5.56 Å². The van der Waals surface area contributed by atoms with E-state index in [1.807, 2.05) is 12.1 Å². The first-order valence-electron chi connectivity index (χ1n) is 7.08. The lowest BCUT2D eigenvalue weighted by molar-refractivity contribution is -0.132. The van der Waals surface area contributed by atoms with Gasteiger partial charge in [0.25, 0.3) is 0 Å². The van der Waals surface area contributed by atoms with Crippen molar-refractivity contribution in [2.45, 2.75) is 25.8 Å². The number of halogens is 1. The highest BCUT2D eigenvalue weighted by atomic mass is 35.5. The minimum absolute atomic E-state index is 0.0483. The van der Waals surface area contributed by atoms with E-state index < -0.39 is 0 Å². The van der Waals surface area contributed by atoms with Gasteiger partial charge in [-0.1, -0.05) is 11.6 Å². The summed E-state index contributed by atoms with van der Waals surface area (Å²) in [6.07, 6.45) is 2.36. The van der Waals surface area contributed by atoms with Crippen molar-refractivity contribution < 1.29 is 14.3 Å². The summed E-state index contributed by atoms with van der Waals surface area (Å²) in [5.74, 6) is 1.12. The summed E-state index contributed by atoms with van der Waals surface area (Å²) in [5.41, 5.74) is 0.889. The van der Waals surface area contributed by atoms with Crippen LogP contribution in [0.4, 0.5) is 0 Å². The fourth-order valence-electron chi connectivity index (χ4n) is 1.93. The number of aryl methyl sites for hydroxylation is 1. The molecule has 118 valence electrons. The molecule has 22 heavy (non-hydrogen) atoms. The lowest BCUT2D eigenvalue weighted by Crippen LogP contribution is -2.37. The molecule has 1 heterocycles. The number of hydrogen-bond acceptors (Lipinski definition) is 4. The zero-order valence-electron chi connectivity index (χ0n) is 12.6. The summed E-state index contributed by atoms with van der Waals surface area (Å²) in [4.78, 5) is 17.7. The molecular weight excluding hydrogens is 304 g/mol. The number of nitrogens with zero attached hydrogens (tertiary/aromatic N) is 2. The van der Waals surface area contributed by atoms with E-state index in [2.05, 4.69) is 4.98 Å². The van der Waals surface area contributed by atoms with Gasteiger partial charge in [0.1, 0.15) is 0 Å². The van der Waals surface area contributed by atoms with E-state index in [1.165, 1.54) is 4.90 Å². The Morgan fingerprint density at radius 2 is 2.09 bits per heavy atom. The number of rotatable bonds is 6. The molecule has 1 atom stereocenters. The monoisotopic (exact) mass is 322 g/mol. The quantitative estimate of drug-likeness (QED) is 0.888. The van der Waals surface area contributed by atoms with Gasteiger partial charge in [0.05, 0.1) is 18.8 Å². The fourth-order valence-corrected chi connectivity index (χ4v) is 2.06. The normalized spacial score (nSPS) is 12.2. The van der Waals surface area contributed by atoms with Crippen molar-refractivity contribution in [3.63, 3.8) is 0 Å². The van der Waals surface area contributed by atoms with Crippen molar-refractivity contribution in [1.82, 2.24) is 9.88 Å². The maximum absolute atomic E-state index is 12.0. The van der Waals surface area contributed by atoms with Gasteiger partial charge in [0.15, 0.2) is 11.7 Å². The van der Waals surface area contributed by atoms with Gasteiger partial charge in [-0.2, -0.15) is 0 Å². The van der Waals surface area contributed by atoms with Crippen LogP contribution in [-0.2, 0) is 11.2 Å². The van der Waals surface area contributed by atoms with Gasteiger partial charge in [-0.15, -0.1) is 0 Å². The first-order valence-corrected chi connectivity index (χ1v) is 7.46. The van der Waals surface area contributed by atoms with Crippen LogP contribution in [0.25, 0.3) is 11.3 Å². The Hall–Kier alpha value is -1.85. The lowest BCUT2D eigenvalue weighted by atomic mass is 10.2. The highest BCUT2D eigenvalue weighted by Crippen LogP contribution is 2.22. The van der Waals surface area contributed by atoms with Gasteiger partial charge < -0.3 is 14.4 Å². The number of carbonyl (C=O) groups is 1. The molecule has 2 rings (SSSR count). The highest BCUT2D eigenvalue weighted by molar-refractivity contribution is 6.30. The second kappa shape index (κ2) is 7.42. The third kappa shape index (κ3) is 4.08. The minimum Gasteiger partial charge on any atom is -0.441 e. The summed E-state index contributed by atoms with van der Waals surface area (Å²) < 4.78 is 5.65. The summed E-state index contributed by atoms with van der Waals surface area (Å²) in [5, 5.41) is 9.72. The minimum atomic E-state index is -0.193. The molecule has 5 nitrogen and oxygen atoms in total. The van der Waals surface area contributed by atoms with Crippen molar-refractivity contribution in [2.24, 2.45) is 0 Å². The smallest absolute Gasteiger partial charge is 0.223 e. The molecule has 0 saturated heterocycles. The predicted octanol–water partition coefficient (Wildman–Crippen LogP) is 2.77. The molecule has 0 aliphatic heterocycles. The number of likely N-dealkylation sites (N-methyl/N-ethyl adjacent to an activating group) is 1. The third-order valence-corrected chi connectivity index (χ3v) is 3.81. The van der Waals surface area contributed by atoms with E-state index in [9.17, 15) is 4.79 Å². The molecule has 1 unspecified atom stereocenters. The summed E-state index contributed by atoms with van der Waals surface area (Å²) >= 11 is 5.85. The topological polar surface area (TPSA) is 66.6 Å². The number of aliphatic hydroxyl groups excluding tert-OH is 1. The van der Waals surface area contributed by atoms with E-state index in [-0.39, 0.29) is 18.6 Å². The molecule has 0 aliphatic carbocycles. The van der Waals surface area contributed by atoms with Crippen molar-refractivity contribution >= 4 is 17.5 Å². The summed E-state index contributed by atoms with van der Waals surface area (Å²) in [7, 11) is 1.68. The molecule has 0 fully saturated rings. The Kier molecular flexibility index (Phi) is 5.57. The van der Waals surface area contributed by atoms with Crippen molar-refractivity contribution in [3.05, 3.63) is 41.4 Å². The second-order valence-electron chi connectivity index (χ2n) is 5.16. The maximum Gasteiger partial charge on any atom is 0.223 e. The molecule has 0 aliphatic rings. The van der Waals surface area contributed by atoms with Crippen LogP contribution in [0.1, 0.15) is 19.2 Å². The first kappa shape index (κ1) is 16.5. The number of benzene rings is 1. The van der Waals surface area contributed by atoms with Crippen LogP contribution in [0.15, 0.2) is 34.9 Å². The molecule has 6 heteroatoms. The van der Waals surface area contributed by atoms with Crippen LogP contribution in [0, 0.1) is 0 Å². The van der Waals surface area contributed by atoms with Gasteiger partial charge in [0, 0.05) is 30.5 Å². The lowest BCUT2D eigenvalue weighted by Gasteiger charge is -2.22. The van der Waals surface area contributed by atoms with Crippen LogP contribution < -0.4 is 0 Å². The molecule has 1 aromatic carbocycles. The first-order chi connectivity index (χ1) is 10.5. The number of hydrogen-bond donors (Lipinski definition) is 1. The van der Waals surface area contributed by atoms with Gasteiger partial charge in [-0.25, -0.2) is 4.98 Å². The Bertz CT molecular complexity index is 625. The number of carbonyl (C=O) groups excluding carboxylic acids is 1. The van der Waals surface area contributed by atoms with E-state index >= 15 is 0 Å². The third-order valence-electron chi connectivity index (χ3n) is 3.55. The molecular formula is C16H19ClN2O3. The van der Waals surface area contributed by atoms with Crippen molar-refractivity contribution in [3.8, 4) is 11.3 Å². The molecule has 0 saturated carbocycles.